The number of rotatable bonds is 1. The van der Waals surface area contributed by atoms with Crippen LogP contribution in [0, 0.1) is 0 Å². The molecule has 0 aromatic carbocycles. The molecule has 0 radical (unpaired) electrons. The second kappa shape index (κ2) is 4.98. The topological polar surface area (TPSA) is 0 Å². The molecule has 0 aliphatic heterocycles. The molecule has 1 fully saturated rings. The van der Waals surface area contributed by atoms with Gasteiger partial charge >= 0.3 is 100 Å². The number of halogens is 4. The molecule has 0 nitrogen and oxygen atoms in total. The van der Waals surface area contributed by atoms with Crippen LogP contribution in [0.2, 0.25) is 3.97 Å². The van der Waals surface area contributed by atoms with Crippen LogP contribution in [0.25, 0.3) is 0 Å². The van der Waals surface area contributed by atoms with Crippen molar-refractivity contribution in [2.75, 3.05) is 0 Å². The Morgan fingerprint density at radius 3 is 1.91 bits per heavy atom. The number of alkyl halides is 1. The molecule has 1 aliphatic rings. The summed E-state index contributed by atoms with van der Waals surface area (Å²) in [6.07, 6.45) is 5.47. The fourth-order valence-electron chi connectivity index (χ4n) is 1.35. The maximum absolute atomic E-state index is 3.77. The molecule has 5 heteroatoms. The number of hydrogen-bond acceptors (Lipinski definition) is 0. The van der Waals surface area contributed by atoms with Crippen LogP contribution < -0.4 is 0 Å². The van der Waals surface area contributed by atoms with Crippen LogP contribution in [-0.4, -0.2) is 16.4 Å². The molecule has 0 heterocycles. The molecule has 0 N–H and O–H groups in total. The molecule has 1 rings (SSSR count). The summed E-state index contributed by atoms with van der Waals surface area (Å²) in [5, 5.41) is 0. The predicted molar refractivity (Wildman–Crippen MR) is 67.5 cm³/mol. The van der Waals surface area contributed by atoms with Gasteiger partial charge in [-0.2, -0.15) is 0 Å². The SMILES string of the molecule is Br[C@@H]1CCCC[C@H]1[Te](Br)(Br)Br. The Morgan fingerprint density at radius 2 is 1.55 bits per heavy atom. The molecule has 0 spiro atoms. The van der Waals surface area contributed by atoms with Crippen molar-refractivity contribution >= 4 is 65.8 Å². The zero-order valence-corrected chi connectivity index (χ0v) is 14.6. The average molecular weight is 529 g/mol. The van der Waals surface area contributed by atoms with E-state index in [1.165, 1.54) is 25.7 Å². The number of hydrogen-bond donors (Lipinski definition) is 0. The first-order chi connectivity index (χ1) is 5.02. The molecule has 1 aliphatic carbocycles. The van der Waals surface area contributed by atoms with Crippen molar-refractivity contribution in [3.05, 3.63) is 0 Å². The third kappa shape index (κ3) is 3.75. The molecule has 0 aromatic heterocycles. The van der Waals surface area contributed by atoms with E-state index in [0.717, 1.165) is 8.79 Å². The first-order valence-corrected chi connectivity index (χ1v) is 21.5. The molecular formula is C6H10Br4Te. The summed E-state index contributed by atoms with van der Waals surface area (Å²) in [6, 6.07) is 0. The minimum absolute atomic E-state index is 0.718. The van der Waals surface area contributed by atoms with Crippen LogP contribution in [0.1, 0.15) is 25.7 Å². The average Bonchev–Trinajstić information content (AvgIpc) is 1.86. The van der Waals surface area contributed by atoms with Crippen molar-refractivity contribution < 1.29 is 0 Å². The van der Waals surface area contributed by atoms with E-state index in [-0.39, 0.29) is 0 Å². The molecule has 11 heavy (non-hydrogen) atoms. The molecule has 0 amide bonds. The van der Waals surface area contributed by atoms with E-state index in [1.54, 1.807) is 0 Å². The van der Waals surface area contributed by atoms with Crippen molar-refractivity contribution in [1.82, 2.24) is 0 Å². The van der Waals surface area contributed by atoms with Crippen LogP contribution in [-0.2, 0) is 0 Å². The molecule has 2 atom stereocenters. The van der Waals surface area contributed by atoms with E-state index in [9.17, 15) is 0 Å². The molecule has 68 valence electrons. The molecule has 0 bridgehead atoms. The summed E-state index contributed by atoms with van der Waals surface area (Å²) in [7, 11) is 0. The molecule has 0 aromatic rings. The molecule has 0 saturated heterocycles. The van der Waals surface area contributed by atoms with Gasteiger partial charge in [-0.1, -0.05) is 0 Å². The summed E-state index contributed by atoms with van der Waals surface area (Å²) in [4.78, 5) is 0.718. The van der Waals surface area contributed by atoms with Crippen molar-refractivity contribution in [1.29, 1.82) is 0 Å². The Balaban J connectivity index is 2.55. The normalized spacial score (nSPS) is 35.3. The van der Waals surface area contributed by atoms with Crippen LogP contribution >= 0.6 is 54.2 Å². The second-order valence-electron chi connectivity index (χ2n) is 2.78. The Bertz CT molecular complexity index is 133. The van der Waals surface area contributed by atoms with Gasteiger partial charge in [-0.05, 0) is 0 Å². The van der Waals surface area contributed by atoms with Gasteiger partial charge in [0.2, 0.25) is 0 Å². The zero-order chi connectivity index (χ0) is 8.48. The monoisotopic (exact) mass is 528 g/mol. The van der Waals surface area contributed by atoms with Gasteiger partial charge in [0.05, 0.1) is 0 Å². The summed E-state index contributed by atoms with van der Waals surface area (Å²) < 4.78 is 0.825. The van der Waals surface area contributed by atoms with Crippen molar-refractivity contribution in [2.24, 2.45) is 0 Å². The van der Waals surface area contributed by atoms with E-state index in [1.807, 2.05) is 0 Å². The van der Waals surface area contributed by atoms with Crippen LogP contribution in [0.4, 0.5) is 0 Å². The van der Waals surface area contributed by atoms with Gasteiger partial charge in [0.15, 0.2) is 0 Å². The Labute approximate surface area is 98.6 Å². The maximum atomic E-state index is 3.77. The summed E-state index contributed by atoms with van der Waals surface area (Å²) in [5.41, 5.74) is 0. The van der Waals surface area contributed by atoms with Gasteiger partial charge in [-0.15, -0.1) is 0 Å². The van der Waals surface area contributed by atoms with Gasteiger partial charge in [-0.3, -0.25) is 0 Å². The fourth-order valence-corrected chi connectivity index (χ4v) is 21.5. The Hall–Kier alpha value is 2.71. The predicted octanol–water partition coefficient (Wildman–Crippen LogP) is 4.82. The zero-order valence-electron chi connectivity index (χ0n) is 5.90. The van der Waals surface area contributed by atoms with E-state index >= 15 is 0 Å². The minimum atomic E-state index is -1.93. The fraction of sp³-hybridized carbons (Fsp3) is 1.00. The van der Waals surface area contributed by atoms with Crippen LogP contribution in [0.3, 0.4) is 0 Å². The van der Waals surface area contributed by atoms with Crippen molar-refractivity contribution in [3.8, 4) is 0 Å². The Kier molecular flexibility index (Phi) is 5.33. The summed E-state index contributed by atoms with van der Waals surface area (Å²) in [5.74, 6) is 0. The molecule has 1 saturated carbocycles. The quantitative estimate of drug-likeness (QED) is 0.338. The summed E-state index contributed by atoms with van der Waals surface area (Å²) >= 11 is 13.1. The first-order valence-electron chi connectivity index (χ1n) is 3.57. The van der Waals surface area contributed by atoms with E-state index < -0.39 is 11.6 Å². The van der Waals surface area contributed by atoms with Crippen LogP contribution in [0.15, 0.2) is 0 Å². The van der Waals surface area contributed by atoms with Gasteiger partial charge in [-0.25, -0.2) is 0 Å². The molecule has 0 unspecified atom stereocenters. The van der Waals surface area contributed by atoms with Crippen molar-refractivity contribution in [2.45, 2.75) is 34.5 Å². The standard InChI is InChI=1S/C6H10Br4Te/c7-5-3-1-2-4-6(5)11(8,9)10/h5-6H,1-4H2/t5-,6-/m1/s1. The Morgan fingerprint density at radius 1 is 1.00 bits per heavy atom. The van der Waals surface area contributed by atoms with Gasteiger partial charge in [0, 0.05) is 0 Å². The van der Waals surface area contributed by atoms with E-state index in [2.05, 4.69) is 54.2 Å². The van der Waals surface area contributed by atoms with Gasteiger partial charge < -0.3 is 0 Å². The second-order valence-corrected chi connectivity index (χ2v) is 46.2. The van der Waals surface area contributed by atoms with Crippen molar-refractivity contribution in [3.63, 3.8) is 0 Å². The van der Waals surface area contributed by atoms with E-state index in [4.69, 9.17) is 0 Å². The van der Waals surface area contributed by atoms with Gasteiger partial charge in [0.25, 0.3) is 0 Å². The van der Waals surface area contributed by atoms with Gasteiger partial charge in [0.1, 0.15) is 0 Å². The molecular weight excluding hydrogens is 519 g/mol. The van der Waals surface area contributed by atoms with E-state index in [0.29, 0.717) is 0 Å². The first kappa shape index (κ1) is 11.8. The summed E-state index contributed by atoms with van der Waals surface area (Å²) in [6.45, 7) is 0. The third-order valence-corrected chi connectivity index (χ3v) is 17.4. The van der Waals surface area contributed by atoms with Crippen LogP contribution in [0.5, 0.6) is 0 Å². The third-order valence-electron chi connectivity index (χ3n) is 1.97.